The summed E-state index contributed by atoms with van der Waals surface area (Å²) in [7, 11) is 0. The van der Waals surface area contributed by atoms with E-state index in [1.807, 2.05) is 78.9 Å². The van der Waals surface area contributed by atoms with Crippen molar-refractivity contribution in [1.82, 2.24) is 0 Å². The first-order valence-corrected chi connectivity index (χ1v) is 9.16. The highest BCUT2D eigenvalue weighted by molar-refractivity contribution is 5.56. The van der Waals surface area contributed by atoms with E-state index in [2.05, 4.69) is 13.2 Å². The van der Waals surface area contributed by atoms with Gasteiger partial charge in [0.05, 0.1) is 0 Å². The normalized spacial score (nSPS) is 10.9. The molecule has 0 fully saturated rings. The van der Waals surface area contributed by atoms with Gasteiger partial charge in [-0.1, -0.05) is 92.0 Å². The minimum Gasteiger partial charge on any atom is -0.489 e. The summed E-state index contributed by atoms with van der Waals surface area (Å²) in [5.41, 5.74) is 0.534. The lowest BCUT2D eigenvalue weighted by Gasteiger charge is -2.32. The van der Waals surface area contributed by atoms with E-state index in [-0.39, 0.29) is 0 Å². The monoisotopic (exact) mass is 372 g/mol. The number of ether oxygens (including phenoxy) is 2. The standard InChI is InChI=1S/C25H24O3/c1-3-18-27-23-16-10-8-14-21(23)25(26,20-12-6-5-7-13-20)22-15-9-11-17-24(22)28-19-4-2/h3-17,26H,1-2,18-19H2. The molecule has 0 atom stereocenters. The molecule has 0 aromatic heterocycles. The first kappa shape index (κ1) is 19.5. The second-order valence-electron chi connectivity index (χ2n) is 6.27. The molecule has 3 heteroatoms. The summed E-state index contributed by atoms with van der Waals surface area (Å²) in [6.07, 6.45) is 3.36. The van der Waals surface area contributed by atoms with Gasteiger partial charge in [0.25, 0.3) is 0 Å². The van der Waals surface area contributed by atoms with Crippen LogP contribution in [0.3, 0.4) is 0 Å². The van der Waals surface area contributed by atoms with Gasteiger partial charge in [0.15, 0.2) is 0 Å². The van der Waals surface area contributed by atoms with Gasteiger partial charge in [-0.25, -0.2) is 0 Å². The predicted octanol–water partition coefficient (Wildman–Crippen LogP) is 5.10. The molecule has 142 valence electrons. The van der Waals surface area contributed by atoms with Crippen LogP contribution in [0.2, 0.25) is 0 Å². The Hall–Kier alpha value is -3.30. The molecule has 28 heavy (non-hydrogen) atoms. The first-order valence-electron chi connectivity index (χ1n) is 9.16. The van der Waals surface area contributed by atoms with Gasteiger partial charge in [-0.05, 0) is 17.7 Å². The summed E-state index contributed by atoms with van der Waals surface area (Å²) >= 11 is 0. The van der Waals surface area contributed by atoms with Crippen LogP contribution in [0, 0.1) is 0 Å². The van der Waals surface area contributed by atoms with Gasteiger partial charge in [0, 0.05) is 11.1 Å². The number of hydrogen-bond acceptors (Lipinski definition) is 3. The van der Waals surface area contributed by atoms with Crippen molar-refractivity contribution >= 4 is 0 Å². The zero-order valence-electron chi connectivity index (χ0n) is 15.8. The van der Waals surface area contributed by atoms with Gasteiger partial charge in [0.1, 0.15) is 30.3 Å². The molecule has 0 aliphatic rings. The van der Waals surface area contributed by atoms with E-state index in [9.17, 15) is 5.11 Å². The van der Waals surface area contributed by atoms with E-state index in [1.165, 1.54) is 0 Å². The van der Waals surface area contributed by atoms with Crippen LogP contribution in [-0.2, 0) is 5.60 Å². The summed E-state index contributed by atoms with van der Waals surface area (Å²) in [5.74, 6) is 1.18. The van der Waals surface area contributed by atoms with Gasteiger partial charge in [0.2, 0.25) is 0 Å². The molecular weight excluding hydrogens is 348 g/mol. The fourth-order valence-electron chi connectivity index (χ4n) is 3.22. The highest BCUT2D eigenvalue weighted by Crippen LogP contribution is 2.44. The third-order valence-corrected chi connectivity index (χ3v) is 4.46. The molecule has 3 rings (SSSR count). The minimum atomic E-state index is -1.46. The summed E-state index contributed by atoms with van der Waals surface area (Å²) in [6, 6.07) is 24.5. The summed E-state index contributed by atoms with van der Waals surface area (Å²) in [6.45, 7) is 8.12. The van der Waals surface area contributed by atoms with Crippen molar-refractivity contribution in [3.63, 3.8) is 0 Å². The maximum atomic E-state index is 12.2. The van der Waals surface area contributed by atoms with Crippen LogP contribution in [0.4, 0.5) is 0 Å². The molecule has 0 spiro atoms. The quantitative estimate of drug-likeness (QED) is 0.419. The Morgan fingerprint density at radius 1 is 0.679 bits per heavy atom. The highest BCUT2D eigenvalue weighted by Gasteiger charge is 2.38. The van der Waals surface area contributed by atoms with E-state index in [4.69, 9.17) is 9.47 Å². The molecule has 0 radical (unpaired) electrons. The van der Waals surface area contributed by atoms with Crippen molar-refractivity contribution in [2.75, 3.05) is 13.2 Å². The molecule has 0 aliphatic heterocycles. The SMILES string of the molecule is C=CCOc1ccccc1C(O)(c1ccccc1)c1ccccc1OCC=C. The van der Waals surface area contributed by atoms with Crippen molar-refractivity contribution in [3.8, 4) is 11.5 Å². The minimum absolute atomic E-state index is 0.344. The molecule has 3 nitrogen and oxygen atoms in total. The third-order valence-electron chi connectivity index (χ3n) is 4.46. The Kier molecular flexibility index (Phi) is 6.30. The van der Waals surface area contributed by atoms with Gasteiger partial charge in [-0.2, -0.15) is 0 Å². The van der Waals surface area contributed by atoms with Gasteiger partial charge >= 0.3 is 0 Å². The van der Waals surface area contributed by atoms with Crippen LogP contribution < -0.4 is 9.47 Å². The van der Waals surface area contributed by atoms with Crippen LogP contribution in [0.25, 0.3) is 0 Å². The van der Waals surface area contributed by atoms with E-state index in [0.717, 1.165) is 5.56 Å². The summed E-state index contributed by atoms with van der Waals surface area (Å²) in [5, 5.41) is 12.2. The zero-order valence-corrected chi connectivity index (χ0v) is 15.8. The Labute approximate surface area is 166 Å². The Balaban J connectivity index is 2.25. The van der Waals surface area contributed by atoms with Crippen molar-refractivity contribution in [2.45, 2.75) is 5.60 Å². The maximum absolute atomic E-state index is 12.2. The van der Waals surface area contributed by atoms with E-state index < -0.39 is 5.60 Å². The van der Waals surface area contributed by atoms with Crippen LogP contribution in [0.5, 0.6) is 11.5 Å². The van der Waals surface area contributed by atoms with Crippen molar-refractivity contribution in [3.05, 3.63) is 121 Å². The molecule has 3 aromatic rings. The molecule has 1 N–H and O–H groups in total. The zero-order chi connectivity index (χ0) is 19.8. The summed E-state index contributed by atoms with van der Waals surface area (Å²) in [4.78, 5) is 0. The molecule has 0 aliphatic carbocycles. The highest BCUT2D eigenvalue weighted by atomic mass is 16.5. The largest absolute Gasteiger partial charge is 0.489 e. The fraction of sp³-hybridized carbons (Fsp3) is 0.120. The van der Waals surface area contributed by atoms with E-state index in [1.54, 1.807) is 12.2 Å². The Morgan fingerprint density at radius 3 is 1.57 bits per heavy atom. The average Bonchev–Trinajstić information content (AvgIpc) is 2.76. The Bertz CT molecular complexity index is 876. The molecular formula is C25H24O3. The molecule has 0 heterocycles. The molecule has 0 amide bonds. The number of rotatable bonds is 9. The van der Waals surface area contributed by atoms with Gasteiger partial charge < -0.3 is 14.6 Å². The first-order chi connectivity index (χ1) is 13.7. The maximum Gasteiger partial charge on any atom is 0.147 e. The second kappa shape index (κ2) is 9.07. The predicted molar refractivity (Wildman–Crippen MR) is 113 cm³/mol. The van der Waals surface area contributed by atoms with Gasteiger partial charge in [-0.3, -0.25) is 0 Å². The lowest BCUT2D eigenvalue weighted by atomic mass is 9.79. The number of para-hydroxylation sites is 2. The number of aliphatic hydroxyl groups is 1. The van der Waals surface area contributed by atoms with Crippen LogP contribution >= 0.6 is 0 Å². The molecule has 0 saturated carbocycles. The van der Waals surface area contributed by atoms with E-state index in [0.29, 0.717) is 35.8 Å². The number of benzene rings is 3. The summed E-state index contributed by atoms with van der Waals surface area (Å²) < 4.78 is 11.7. The van der Waals surface area contributed by atoms with Crippen molar-refractivity contribution in [2.24, 2.45) is 0 Å². The van der Waals surface area contributed by atoms with Crippen molar-refractivity contribution in [1.29, 1.82) is 0 Å². The van der Waals surface area contributed by atoms with Crippen LogP contribution in [0.15, 0.2) is 104 Å². The van der Waals surface area contributed by atoms with Crippen LogP contribution in [0.1, 0.15) is 16.7 Å². The lowest BCUT2D eigenvalue weighted by molar-refractivity contribution is 0.117. The fourth-order valence-corrected chi connectivity index (χ4v) is 3.22. The molecule has 0 saturated heterocycles. The van der Waals surface area contributed by atoms with Crippen LogP contribution in [-0.4, -0.2) is 18.3 Å². The number of hydrogen-bond donors (Lipinski definition) is 1. The Morgan fingerprint density at radius 2 is 1.11 bits per heavy atom. The molecule has 0 unspecified atom stereocenters. The molecule has 3 aromatic carbocycles. The second-order valence-corrected chi connectivity index (χ2v) is 6.27. The van der Waals surface area contributed by atoms with Gasteiger partial charge in [-0.15, -0.1) is 0 Å². The smallest absolute Gasteiger partial charge is 0.147 e. The average molecular weight is 372 g/mol. The topological polar surface area (TPSA) is 38.7 Å². The van der Waals surface area contributed by atoms with Crippen molar-refractivity contribution < 1.29 is 14.6 Å². The lowest BCUT2D eigenvalue weighted by Crippen LogP contribution is -2.30. The molecule has 0 bridgehead atoms. The van der Waals surface area contributed by atoms with E-state index >= 15 is 0 Å². The third kappa shape index (κ3) is 3.85.